The first-order valence-electron chi connectivity index (χ1n) is 18.1. The highest BCUT2D eigenvalue weighted by molar-refractivity contribution is 7.46. The molecule has 0 amide bonds. The Morgan fingerprint density at radius 1 is 0.574 bits per heavy atom. The summed E-state index contributed by atoms with van der Waals surface area (Å²) in [5.41, 5.74) is 0. The van der Waals surface area contributed by atoms with E-state index in [2.05, 4.69) is 42.7 Å². The van der Waals surface area contributed by atoms with Gasteiger partial charge in [-0.25, -0.2) is 4.57 Å². The maximum atomic E-state index is 12.3. The summed E-state index contributed by atoms with van der Waals surface area (Å²) in [6.45, 7) is 3.48. The first-order chi connectivity index (χ1) is 22.8. The Bertz CT molecular complexity index is 947. The van der Waals surface area contributed by atoms with E-state index in [1.165, 1.54) is 51.4 Å². The third-order valence-corrected chi connectivity index (χ3v) is 7.85. The minimum Gasteiger partial charge on any atom is -0.462 e. The summed E-state index contributed by atoms with van der Waals surface area (Å²) >= 11 is 0. The second-order valence-corrected chi connectivity index (χ2v) is 13.1. The van der Waals surface area contributed by atoms with Crippen LogP contribution in [-0.4, -0.2) is 41.0 Å². The van der Waals surface area contributed by atoms with Crippen LogP contribution in [0, 0.1) is 0 Å². The summed E-state index contributed by atoms with van der Waals surface area (Å²) in [7, 11) is -4.76. The Hall–Kier alpha value is -2.25. The van der Waals surface area contributed by atoms with Crippen molar-refractivity contribution in [3.05, 3.63) is 60.8 Å². The van der Waals surface area contributed by atoms with E-state index in [4.69, 9.17) is 19.3 Å². The van der Waals surface area contributed by atoms with Gasteiger partial charge in [0.05, 0.1) is 6.61 Å². The summed E-state index contributed by atoms with van der Waals surface area (Å²) in [6.07, 6.45) is 40.9. The molecule has 0 radical (unpaired) electrons. The zero-order chi connectivity index (χ0) is 34.7. The second-order valence-electron chi connectivity index (χ2n) is 11.9. The number of carbonyl (C=O) groups excluding carboxylic acids is 2. The molecule has 8 nitrogen and oxygen atoms in total. The fourth-order valence-corrected chi connectivity index (χ4v) is 5.03. The smallest absolute Gasteiger partial charge is 0.462 e. The molecule has 1 unspecified atom stereocenters. The SMILES string of the molecule is CC/C=C/C=C/C=C/C=C/CCCCCC(=O)OC(COC(=O)CCCCCCC/C=C/CCCCCCCCC)COP(=O)(O)O. The van der Waals surface area contributed by atoms with Crippen molar-refractivity contribution < 1.29 is 37.9 Å². The van der Waals surface area contributed by atoms with Gasteiger partial charge in [0.25, 0.3) is 0 Å². The molecule has 0 fully saturated rings. The Morgan fingerprint density at radius 3 is 1.62 bits per heavy atom. The number of hydrogen-bond donors (Lipinski definition) is 2. The molecule has 0 aromatic heterocycles. The fourth-order valence-electron chi connectivity index (χ4n) is 4.67. The summed E-state index contributed by atoms with van der Waals surface area (Å²) in [5.74, 6) is -0.946. The van der Waals surface area contributed by atoms with Crippen molar-refractivity contribution >= 4 is 19.8 Å². The molecule has 0 aliphatic heterocycles. The van der Waals surface area contributed by atoms with Crippen LogP contribution >= 0.6 is 7.82 Å². The molecule has 0 rings (SSSR count). The average Bonchev–Trinajstić information content (AvgIpc) is 3.03. The van der Waals surface area contributed by atoms with Crippen LogP contribution in [0.2, 0.25) is 0 Å². The van der Waals surface area contributed by atoms with E-state index in [9.17, 15) is 14.2 Å². The Kier molecular flexibility index (Phi) is 32.0. The minimum absolute atomic E-state index is 0.162. The lowest BCUT2D eigenvalue weighted by atomic mass is 10.1. The molecule has 1 atom stereocenters. The molecule has 0 aromatic carbocycles. The van der Waals surface area contributed by atoms with Crippen molar-refractivity contribution in [1.82, 2.24) is 0 Å². The van der Waals surface area contributed by atoms with E-state index in [1.54, 1.807) is 0 Å². The topological polar surface area (TPSA) is 119 Å². The zero-order valence-electron chi connectivity index (χ0n) is 29.4. The molecule has 9 heteroatoms. The van der Waals surface area contributed by atoms with Crippen LogP contribution in [0.5, 0.6) is 0 Å². The lowest BCUT2D eigenvalue weighted by molar-refractivity contribution is -0.161. The van der Waals surface area contributed by atoms with Crippen LogP contribution in [0.4, 0.5) is 0 Å². The van der Waals surface area contributed by atoms with Crippen LogP contribution in [0.25, 0.3) is 0 Å². The number of esters is 2. The van der Waals surface area contributed by atoms with E-state index >= 15 is 0 Å². The molecule has 0 bridgehead atoms. The van der Waals surface area contributed by atoms with E-state index in [1.807, 2.05) is 36.5 Å². The monoisotopic (exact) mass is 680 g/mol. The quantitative estimate of drug-likeness (QED) is 0.0237. The highest BCUT2D eigenvalue weighted by Crippen LogP contribution is 2.35. The van der Waals surface area contributed by atoms with Crippen LogP contribution in [-0.2, 0) is 28.2 Å². The van der Waals surface area contributed by atoms with Crippen molar-refractivity contribution in [3.63, 3.8) is 0 Å². The van der Waals surface area contributed by atoms with Crippen molar-refractivity contribution in [3.8, 4) is 0 Å². The lowest BCUT2D eigenvalue weighted by Crippen LogP contribution is -2.29. The molecule has 0 heterocycles. The van der Waals surface area contributed by atoms with Crippen molar-refractivity contribution in [2.75, 3.05) is 13.2 Å². The molecule has 0 aliphatic carbocycles. The third kappa shape index (κ3) is 36.4. The van der Waals surface area contributed by atoms with Crippen molar-refractivity contribution in [2.24, 2.45) is 0 Å². The van der Waals surface area contributed by atoms with Gasteiger partial charge in [-0.15, -0.1) is 0 Å². The largest absolute Gasteiger partial charge is 0.469 e. The summed E-state index contributed by atoms with van der Waals surface area (Å²) in [5, 5.41) is 0. The minimum atomic E-state index is -4.76. The first-order valence-corrected chi connectivity index (χ1v) is 19.7. The molecule has 0 saturated carbocycles. The molecular formula is C38H65O8P. The predicted molar refractivity (Wildman–Crippen MR) is 193 cm³/mol. The molecule has 0 aromatic rings. The van der Waals surface area contributed by atoms with Crippen molar-refractivity contribution in [2.45, 2.75) is 155 Å². The van der Waals surface area contributed by atoms with Crippen LogP contribution < -0.4 is 0 Å². The highest BCUT2D eigenvalue weighted by atomic mass is 31.2. The Morgan fingerprint density at radius 2 is 1.04 bits per heavy atom. The molecule has 47 heavy (non-hydrogen) atoms. The van der Waals surface area contributed by atoms with Gasteiger partial charge in [-0.3, -0.25) is 14.1 Å². The fraction of sp³-hybridized carbons (Fsp3) is 0.684. The van der Waals surface area contributed by atoms with Gasteiger partial charge in [-0.2, -0.15) is 0 Å². The van der Waals surface area contributed by atoms with E-state index < -0.39 is 32.5 Å². The number of hydrogen-bond acceptors (Lipinski definition) is 6. The lowest BCUT2D eigenvalue weighted by Gasteiger charge is -2.18. The maximum absolute atomic E-state index is 12.3. The van der Waals surface area contributed by atoms with E-state index in [0.717, 1.165) is 57.8 Å². The number of ether oxygens (including phenoxy) is 2. The number of phosphoric ester groups is 1. The zero-order valence-corrected chi connectivity index (χ0v) is 30.3. The molecular weight excluding hydrogens is 615 g/mol. The van der Waals surface area contributed by atoms with Crippen molar-refractivity contribution in [1.29, 1.82) is 0 Å². The number of carbonyl (C=O) groups is 2. The number of allylic oxidation sites excluding steroid dienone is 10. The summed E-state index contributed by atoms with van der Waals surface area (Å²) in [4.78, 5) is 42.6. The Balaban J connectivity index is 4.06. The van der Waals surface area contributed by atoms with Gasteiger partial charge in [0, 0.05) is 12.8 Å². The Labute approximate surface area is 286 Å². The highest BCUT2D eigenvalue weighted by Gasteiger charge is 2.22. The van der Waals surface area contributed by atoms with Gasteiger partial charge < -0.3 is 19.3 Å². The predicted octanol–water partition coefficient (Wildman–Crippen LogP) is 10.6. The molecule has 2 N–H and O–H groups in total. The van der Waals surface area contributed by atoms with Gasteiger partial charge in [0.15, 0.2) is 6.10 Å². The molecule has 0 spiro atoms. The standard InChI is InChI=1S/C38H65O8P/c1-3-5-7-9-11-13-15-17-18-19-21-22-24-26-28-30-32-37(39)44-34-36(35-45-47(41,42)43)46-38(40)33-31-29-27-25-23-20-16-14-12-10-8-6-4-2/h6,8,10,12,14,16,18-20,23,36H,3-5,7,9,11,13,15,17,21-22,24-35H2,1-2H3,(H2,41,42,43)/b8-6+,12-10+,16-14+,19-18+,23-20+. The van der Waals surface area contributed by atoms with Crippen LogP contribution in [0.1, 0.15) is 149 Å². The molecule has 0 saturated heterocycles. The first kappa shape index (κ1) is 44.8. The van der Waals surface area contributed by atoms with Gasteiger partial charge in [-0.05, 0) is 57.8 Å². The van der Waals surface area contributed by atoms with Gasteiger partial charge in [0.2, 0.25) is 0 Å². The van der Waals surface area contributed by atoms with E-state index in [0.29, 0.717) is 12.8 Å². The summed E-state index contributed by atoms with van der Waals surface area (Å²) < 4.78 is 26.2. The molecule has 0 aliphatic rings. The number of rotatable bonds is 32. The average molecular weight is 681 g/mol. The normalized spacial score (nSPS) is 13.2. The maximum Gasteiger partial charge on any atom is 0.469 e. The van der Waals surface area contributed by atoms with Crippen LogP contribution in [0.15, 0.2) is 60.8 Å². The second kappa shape index (κ2) is 33.6. The van der Waals surface area contributed by atoms with E-state index in [-0.39, 0.29) is 19.4 Å². The van der Waals surface area contributed by atoms with Gasteiger partial charge >= 0.3 is 19.8 Å². The van der Waals surface area contributed by atoms with Gasteiger partial charge in [0.1, 0.15) is 6.61 Å². The number of unbranched alkanes of at least 4 members (excludes halogenated alkanes) is 15. The summed E-state index contributed by atoms with van der Waals surface area (Å²) in [6, 6.07) is 0. The third-order valence-electron chi connectivity index (χ3n) is 7.36. The van der Waals surface area contributed by atoms with Crippen LogP contribution in [0.3, 0.4) is 0 Å². The molecule has 270 valence electrons. The van der Waals surface area contributed by atoms with Gasteiger partial charge in [-0.1, -0.05) is 139 Å². The number of phosphoric acid groups is 1.